The van der Waals surface area contributed by atoms with Gasteiger partial charge in [0.2, 0.25) is 5.91 Å². The Balaban J connectivity index is 3.11. The minimum atomic E-state index is 0.101. The maximum absolute atomic E-state index is 11.1. The van der Waals surface area contributed by atoms with Crippen molar-refractivity contribution in [3.63, 3.8) is 0 Å². The maximum Gasteiger partial charge on any atom is 0.222 e. The predicted molar refractivity (Wildman–Crippen MR) is 53.6 cm³/mol. The van der Waals surface area contributed by atoms with E-state index in [2.05, 4.69) is 19.2 Å². The minimum Gasteiger partial charge on any atom is -0.381 e. The number of nitrogens with one attached hydrogen (secondary N) is 1. The maximum atomic E-state index is 11.1. The van der Waals surface area contributed by atoms with Gasteiger partial charge in [-0.2, -0.15) is 0 Å². The van der Waals surface area contributed by atoms with Gasteiger partial charge >= 0.3 is 0 Å². The number of carbonyl (C=O) groups is 1. The van der Waals surface area contributed by atoms with E-state index in [1.54, 1.807) is 0 Å². The Kier molecular flexibility index (Phi) is 9.10. The van der Waals surface area contributed by atoms with Gasteiger partial charge in [-0.05, 0) is 12.8 Å². The lowest BCUT2D eigenvalue weighted by molar-refractivity contribution is -0.122. The van der Waals surface area contributed by atoms with E-state index in [0.717, 1.165) is 32.4 Å². The molecule has 0 aliphatic heterocycles. The Hall–Kier alpha value is -0.570. The molecule has 0 aromatic rings. The zero-order chi connectivity index (χ0) is 9.94. The van der Waals surface area contributed by atoms with Crippen LogP contribution in [0, 0.1) is 0 Å². The Morgan fingerprint density at radius 3 is 2.62 bits per heavy atom. The van der Waals surface area contributed by atoms with Crippen LogP contribution < -0.4 is 5.32 Å². The lowest BCUT2D eigenvalue weighted by Crippen LogP contribution is -2.25. The standard InChI is InChI=1S/C10H21NO2/c1-3-5-7-11-10(12)6-9-13-8-4-2/h3-9H2,1-2H3,(H,11,12). The molecule has 0 unspecified atom stereocenters. The van der Waals surface area contributed by atoms with Crippen molar-refractivity contribution in [2.45, 2.75) is 39.5 Å². The van der Waals surface area contributed by atoms with Gasteiger partial charge in [-0.3, -0.25) is 4.79 Å². The summed E-state index contributed by atoms with van der Waals surface area (Å²) in [5, 5.41) is 2.84. The van der Waals surface area contributed by atoms with Gasteiger partial charge in [0.15, 0.2) is 0 Å². The van der Waals surface area contributed by atoms with Crippen LogP contribution in [0.5, 0.6) is 0 Å². The first kappa shape index (κ1) is 12.4. The largest absolute Gasteiger partial charge is 0.381 e. The Morgan fingerprint density at radius 1 is 1.23 bits per heavy atom. The van der Waals surface area contributed by atoms with Crippen LogP contribution >= 0.6 is 0 Å². The van der Waals surface area contributed by atoms with Crippen molar-refractivity contribution in [3.05, 3.63) is 0 Å². The molecule has 1 N–H and O–H groups in total. The summed E-state index contributed by atoms with van der Waals surface area (Å²) in [7, 11) is 0. The van der Waals surface area contributed by atoms with E-state index in [1.165, 1.54) is 0 Å². The summed E-state index contributed by atoms with van der Waals surface area (Å²) < 4.78 is 5.20. The summed E-state index contributed by atoms with van der Waals surface area (Å²) in [5.74, 6) is 0.101. The fourth-order valence-electron chi connectivity index (χ4n) is 0.904. The molecule has 0 spiro atoms. The quantitative estimate of drug-likeness (QED) is 0.588. The second kappa shape index (κ2) is 9.52. The number of rotatable bonds is 8. The molecular formula is C10H21NO2. The van der Waals surface area contributed by atoms with Crippen LogP contribution in [-0.4, -0.2) is 25.7 Å². The highest BCUT2D eigenvalue weighted by Gasteiger charge is 1.98. The van der Waals surface area contributed by atoms with Gasteiger partial charge in [0.1, 0.15) is 0 Å². The molecule has 0 fully saturated rings. The van der Waals surface area contributed by atoms with E-state index < -0.39 is 0 Å². The van der Waals surface area contributed by atoms with Crippen molar-refractivity contribution < 1.29 is 9.53 Å². The summed E-state index contributed by atoms with van der Waals surface area (Å²) >= 11 is 0. The fraction of sp³-hybridized carbons (Fsp3) is 0.900. The van der Waals surface area contributed by atoms with Crippen molar-refractivity contribution in [1.82, 2.24) is 5.32 Å². The van der Waals surface area contributed by atoms with Crippen molar-refractivity contribution in [1.29, 1.82) is 0 Å². The number of carbonyl (C=O) groups excluding carboxylic acids is 1. The average molecular weight is 187 g/mol. The SMILES string of the molecule is CCCCNC(=O)CCOCCC. The molecule has 0 rings (SSSR count). The van der Waals surface area contributed by atoms with Crippen LogP contribution in [0.2, 0.25) is 0 Å². The summed E-state index contributed by atoms with van der Waals surface area (Å²) in [6.45, 7) is 6.26. The first-order valence-electron chi connectivity index (χ1n) is 5.15. The molecule has 13 heavy (non-hydrogen) atoms. The molecule has 0 aromatic carbocycles. The lowest BCUT2D eigenvalue weighted by Gasteiger charge is -2.04. The summed E-state index contributed by atoms with van der Waals surface area (Å²) in [4.78, 5) is 11.1. The third-order valence-electron chi connectivity index (χ3n) is 1.67. The Morgan fingerprint density at radius 2 is 2.00 bits per heavy atom. The highest BCUT2D eigenvalue weighted by atomic mass is 16.5. The van der Waals surface area contributed by atoms with E-state index in [1.807, 2.05) is 0 Å². The molecule has 0 bridgehead atoms. The molecule has 0 saturated carbocycles. The second-order valence-electron chi connectivity index (χ2n) is 3.07. The van der Waals surface area contributed by atoms with E-state index in [-0.39, 0.29) is 5.91 Å². The van der Waals surface area contributed by atoms with Gasteiger partial charge in [-0.1, -0.05) is 20.3 Å². The van der Waals surface area contributed by atoms with Gasteiger partial charge in [0.05, 0.1) is 6.61 Å². The Labute approximate surface area is 80.8 Å². The number of hydrogen-bond acceptors (Lipinski definition) is 2. The summed E-state index contributed by atoms with van der Waals surface area (Å²) in [6.07, 6.45) is 3.68. The molecule has 0 atom stereocenters. The van der Waals surface area contributed by atoms with Crippen molar-refractivity contribution in [3.8, 4) is 0 Å². The summed E-state index contributed by atoms with van der Waals surface area (Å²) in [6, 6.07) is 0. The topological polar surface area (TPSA) is 38.3 Å². The van der Waals surface area contributed by atoms with Gasteiger partial charge in [-0.15, -0.1) is 0 Å². The molecule has 0 aliphatic rings. The van der Waals surface area contributed by atoms with Crippen molar-refractivity contribution in [2.75, 3.05) is 19.8 Å². The summed E-state index contributed by atoms with van der Waals surface area (Å²) in [5.41, 5.74) is 0. The number of amides is 1. The monoisotopic (exact) mass is 187 g/mol. The molecule has 0 radical (unpaired) electrons. The molecule has 3 heteroatoms. The molecule has 0 saturated heterocycles. The minimum absolute atomic E-state index is 0.101. The molecule has 78 valence electrons. The van der Waals surface area contributed by atoms with Crippen LogP contribution in [0.15, 0.2) is 0 Å². The second-order valence-corrected chi connectivity index (χ2v) is 3.07. The smallest absolute Gasteiger partial charge is 0.222 e. The Bertz CT molecular complexity index is 126. The number of unbranched alkanes of at least 4 members (excludes halogenated alkanes) is 1. The zero-order valence-corrected chi connectivity index (χ0v) is 8.77. The van der Waals surface area contributed by atoms with Crippen LogP contribution in [-0.2, 0) is 9.53 Å². The third-order valence-corrected chi connectivity index (χ3v) is 1.67. The first-order chi connectivity index (χ1) is 6.31. The first-order valence-corrected chi connectivity index (χ1v) is 5.15. The number of hydrogen-bond donors (Lipinski definition) is 1. The normalized spacial score (nSPS) is 10.0. The van der Waals surface area contributed by atoms with Crippen LogP contribution in [0.1, 0.15) is 39.5 Å². The van der Waals surface area contributed by atoms with Crippen LogP contribution in [0.25, 0.3) is 0 Å². The molecule has 0 aliphatic carbocycles. The predicted octanol–water partition coefficient (Wildman–Crippen LogP) is 1.72. The van der Waals surface area contributed by atoms with E-state index in [4.69, 9.17) is 4.74 Å². The van der Waals surface area contributed by atoms with Crippen molar-refractivity contribution in [2.24, 2.45) is 0 Å². The number of ether oxygens (including phenoxy) is 1. The lowest BCUT2D eigenvalue weighted by atomic mass is 10.3. The van der Waals surface area contributed by atoms with E-state index >= 15 is 0 Å². The van der Waals surface area contributed by atoms with Gasteiger partial charge in [0.25, 0.3) is 0 Å². The molecular weight excluding hydrogens is 166 g/mol. The van der Waals surface area contributed by atoms with Gasteiger partial charge < -0.3 is 10.1 Å². The molecule has 3 nitrogen and oxygen atoms in total. The van der Waals surface area contributed by atoms with Gasteiger partial charge in [0, 0.05) is 19.6 Å². The van der Waals surface area contributed by atoms with Crippen molar-refractivity contribution >= 4 is 5.91 Å². The zero-order valence-electron chi connectivity index (χ0n) is 8.77. The van der Waals surface area contributed by atoms with E-state index in [0.29, 0.717) is 13.0 Å². The van der Waals surface area contributed by atoms with Gasteiger partial charge in [-0.25, -0.2) is 0 Å². The van der Waals surface area contributed by atoms with E-state index in [9.17, 15) is 4.79 Å². The van der Waals surface area contributed by atoms with Crippen LogP contribution in [0.4, 0.5) is 0 Å². The fourth-order valence-corrected chi connectivity index (χ4v) is 0.904. The molecule has 0 heterocycles. The third kappa shape index (κ3) is 9.34. The highest BCUT2D eigenvalue weighted by molar-refractivity contribution is 5.75. The molecule has 0 aromatic heterocycles. The molecule has 1 amide bonds. The average Bonchev–Trinajstić information content (AvgIpc) is 2.13. The van der Waals surface area contributed by atoms with Crippen LogP contribution in [0.3, 0.4) is 0 Å². The highest BCUT2D eigenvalue weighted by Crippen LogP contribution is 1.87.